The molecule has 0 saturated carbocycles. The number of imide groups is 1. The molecule has 3 aromatic rings. The lowest BCUT2D eigenvalue weighted by atomic mass is 9.90. The largest absolute Gasteiger partial charge is 0.496 e. The van der Waals surface area contributed by atoms with Crippen molar-refractivity contribution in [2.75, 3.05) is 7.11 Å². The van der Waals surface area contributed by atoms with Gasteiger partial charge in [0.1, 0.15) is 17.8 Å². The van der Waals surface area contributed by atoms with Crippen LogP contribution in [0, 0.1) is 0 Å². The van der Waals surface area contributed by atoms with Crippen molar-refractivity contribution in [3.8, 4) is 17.1 Å². The Bertz CT molecular complexity index is 1190. The molecule has 2 heterocycles. The summed E-state index contributed by atoms with van der Waals surface area (Å²) in [5.74, 6) is 0.769. The van der Waals surface area contributed by atoms with E-state index in [0.29, 0.717) is 17.1 Å². The first-order chi connectivity index (χ1) is 15.0. The number of rotatable bonds is 5. The molecule has 8 nitrogen and oxygen atoms in total. The Balaban J connectivity index is 1.39. The second-order valence-electron chi connectivity index (χ2n) is 8.00. The number of hydrogen-bond acceptors (Lipinski definition) is 6. The lowest BCUT2D eigenvalue weighted by Crippen LogP contribution is -2.41. The highest BCUT2D eigenvalue weighted by molar-refractivity contribution is 6.07. The normalized spacial score (nSPS) is 20.1. The molecule has 0 radical (unpaired) electrons. The molecule has 1 atom stereocenters. The molecular weight excluding hydrogens is 396 g/mol. The molecule has 1 fully saturated rings. The van der Waals surface area contributed by atoms with Crippen molar-refractivity contribution < 1.29 is 18.8 Å². The van der Waals surface area contributed by atoms with Crippen LogP contribution in [0.5, 0.6) is 5.75 Å². The number of benzene rings is 2. The van der Waals surface area contributed by atoms with Crippen LogP contribution >= 0.6 is 0 Å². The van der Waals surface area contributed by atoms with Gasteiger partial charge in [-0.3, -0.25) is 9.69 Å². The van der Waals surface area contributed by atoms with Crippen molar-refractivity contribution in [2.24, 2.45) is 0 Å². The quantitative estimate of drug-likeness (QED) is 0.639. The third kappa shape index (κ3) is 3.15. The third-order valence-electron chi connectivity index (χ3n) is 6.06. The maximum Gasteiger partial charge on any atom is 0.325 e. The topological polar surface area (TPSA) is 97.6 Å². The average Bonchev–Trinajstić information content (AvgIpc) is 3.49. The van der Waals surface area contributed by atoms with Crippen molar-refractivity contribution >= 4 is 11.9 Å². The summed E-state index contributed by atoms with van der Waals surface area (Å²) in [6.07, 6.45) is 3.18. The van der Waals surface area contributed by atoms with E-state index in [1.54, 1.807) is 20.1 Å². The maximum atomic E-state index is 13.3. The fourth-order valence-corrected chi connectivity index (χ4v) is 4.31. The van der Waals surface area contributed by atoms with E-state index < -0.39 is 11.6 Å². The van der Waals surface area contributed by atoms with E-state index in [1.807, 2.05) is 30.3 Å². The molecule has 0 spiro atoms. The first-order valence-corrected chi connectivity index (χ1v) is 10.2. The Morgan fingerprint density at radius 2 is 1.97 bits per heavy atom. The third-order valence-corrected chi connectivity index (χ3v) is 6.06. The number of aryl methyl sites for hydroxylation is 2. The van der Waals surface area contributed by atoms with Crippen LogP contribution in [0.3, 0.4) is 0 Å². The van der Waals surface area contributed by atoms with Gasteiger partial charge in [0.15, 0.2) is 0 Å². The predicted molar refractivity (Wildman–Crippen MR) is 111 cm³/mol. The number of aromatic nitrogens is 2. The van der Waals surface area contributed by atoms with Crippen LogP contribution in [0.2, 0.25) is 0 Å². The van der Waals surface area contributed by atoms with Crippen LogP contribution in [-0.4, -0.2) is 34.1 Å². The zero-order chi connectivity index (χ0) is 21.6. The molecule has 31 heavy (non-hydrogen) atoms. The number of nitrogens with zero attached hydrogens (tertiary/aromatic N) is 3. The van der Waals surface area contributed by atoms with Gasteiger partial charge in [-0.15, -0.1) is 0 Å². The van der Waals surface area contributed by atoms with Crippen molar-refractivity contribution in [3.05, 3.63) is 65.0 Å². The summed E-state index contributed by atoms with van der Waals surface area (Å²) in [5.41, 5.74) is 2.89. The summed E-state index contributed by atoms with van der Waals surface area (Å²) < 4.78 is 10.7. The lowest BCUT2D eigenvalue weighted by molar-refractivity contribution is -0.131. The van der Waals surface area contributed by atoms with Crippen LogP contribution < -0.4 is 10.1 Å². The fraction of sp³-hybridized carbons (Fsp3) is 0.304. The molecule has 2 aliphatic rings. The number of carbonyl (C=O) groups is 2. The minimum absolute atomic E-state index is 0.104. The van der Waals surface area contributed by atoms with Crippen LogP contribution in [0.15, 0.2) is 47.0 Å². The molecule has 1 N–H and O–H groups in total. The molecule has 1 aromatic heterocycles. The van der Waals surface area contributed by atoms with E-state index in [4.69, 9.17) is 9.26 Å². The van der Waals surface area contributed by atoms with Crippen molar-refractivity contribution in [1.82, 2.24) is 20.4 Å². The number of hydrogen-bond donors (Lipinski definition) is 1. The van der Waals surface area contributed by atoms with Crippen molar-refractivity contribution in [2.45, 2.75) is 38.3 Å². The van der Waals surface area contributed by atoms with Gasteiger partial charge in [-0.05, 0) is 55.0 Å². The summed E-state index contributed by atoms with van der Waals surface area (Å²) >= 11 is 0. The van der Waals surface area contributed by atoms with Crippen LogP contribution in [-0.2, 0) is 29.7 Å². The van der Waals surface area contributed by atoms with E-state index in [9.17, 15) is 9.59 Å². The molecule has 1 aliphatic carbocycles. The maximum absolute atomic E-state index is 13.3. The van der Waals surface area contributed by atoms with Crippen molar-refractivity contribution in [3.63, 3.8) is 0 Å². The van der Waals surface area contributed by atoms with Gasteiger partial charge < -0.3 is 14.6 Å². The SMILES string of the molecule is COc1ccccc1-c1noc(CN2C(=O)N[C@](C)(c3ccc4c(c3)CCC4)C2=O)n1. The Morgan fingerprint density at radius 3 is 2.81 bits per heavy atom. The number of carbonyl (C=O) groups excluding carboxylic acids is 2. The Labute approximate surface area is 179 Å². The fourth-order valence-electron chi connectivity index (χ4n) is 4.31. The summed E-state index contributed by atoms with van der Waals surface area (Å²) in [6, 6.07) is 12.8. The molecule has 2 aromatic carbocycles. The van der Waals surface area contributed by atoms with Gasteiger partial charge >= 0.3 is 6.03 Å². The first-order valence-electron chi connectivity index (χ1n) is 10.2. The molecule has 5 rings (SSSR count). The number of ether oxygens (including phenoxy) is 1. The first kappa shape index (κ1) is 19.3. The zero-order valence-electron chi connectivity index (χ0n) is 17.3. The molecule has 8 heteroatoms. The van der Waals surface area contributed by atoms with Crippen LogP contribution in [0.4, 0.5) is 4.79 Å². The Morgan fingerprint density at radius 1 is 1.16 bits per heavy atom. The number of fused-ring (bicyclic) bond motifs is 1. The van der Waals surface area contributed by atoms with Crippen molar-refractivity contribution in [1.29, 1.82) is 0 Å². The summed E-state index contributed by atoms with van der Waals surface area (Å²) in [4.78, 5) is 31.4. The number of para-hydroxylation sites is 1. The predicted octanol–water partition coefficient (Wildman–Crippen LogP) is 3.20. The van der Waals surface area contributed by atoms with Gasteiger partial charge in [0.2, 0.25) is 11.7 Å². The summed E-state index contributed by atoms with van der Waals surface area (Å²) in [6.45, 7) is 1.63. The van der Waals surface area contributed by atoms with Gasteiger partial charge in [0, 0.05) is 0 Å². The molecule has 3 amide bonds. The Kier molecular flexibility index (Phi) is 4.50. The van der Waals surface area contributed by atoms with Gasteiger partial charge in [-0.25, -0.2) is 4.79 Å². The van der Waals surface area contributed by atoms with E-state index in [0.717, 1.165) is 29.7 Å². The average molecular weight is 418 g/mol. The Hall–Kier alpha value is -3.68. The highest BCUT2D eigenvalue weighted by Crippen LogP contribution is 2.33. The highest BCUT2D eigenvalue weighted by atomic mass is 16.5. The van der Waals surface area contributed by atoms with E-state index in [2.05, 4.69) is 21.5 Å². The van der Waals surface area contributed by atoms with Gasteiger partial charge in [0.25, 0.3) is 5.91 Å². The van der Waals surface area contributed by atoms with Gasteiger partial charge in [-0.1, -0.05) is 35.5 Å². The smallest absolute Gasteiger partial charge is 0.325 e. The molecule has 0 unspecified atom stereocenters. The zero-order valence-corrected chi connectivity index (χ0v) is 17.3. The molecule has 0 bridgehead atoms. The van der Waals surface area contributed by atoms with E-state index in [-0.39, 0.29) is 18.3 Å². The monoisotopic (exact) mass is 418 g/mol. The molecule has 158 valence electrons. The van der Waals surface area contributed by atoms with Crippen LogP contribution in [0.1, 0.15) is 35.9 Å². The summed E-state index contributed by atoms with van der Waals surface area (Å²) in [5, 5.41) is 6.83. The van der Waals surface area contributed by atoms with E-state index >= 15 is 0 Å². The van der Waals surface area contributed by atoms with Crippen LogP contribution in [0.25, 0.3) is 11.4 Å². The minimum Gasteiger partial charge on any atom is -0.496 e. The number of amides is 3. The summed E-state index contributed by atoms with van der Waals surface area (Å²) in [7, 11) is 1.56. The second kappa shape index (κ2) is 7.23. The molecular formula is C23H22N4O4. The minimum atomic E-state index is -1.12. The molecule has 1 aliphatic heterocycles. The molecule has 1 saturated heterocycles. The second-order valence-corrected chi connectivity index (χ2v) is 8.00. The number of methoxy groups -OCH3 is 1. The van der Waals surface area contributed by atoms with Gasteiger partial charge in [-0.2, -0.15) is 4.98 Å². The van der Waals surface area contributed by atoms with Gasteiger partial charge in [0.05, 0.1) is 12.7 Å². The number of nitrogens with one attached hydrogen (secondary N) is 1. The van der Waals surface area contributed by atoms with E-state index in [1.165, 1.54) is 11.1 Å². The lowest BCUT2D eigenvalue weighted by Gasteiger charge is -2.22. The standard InChI is InChI=1S/C23H22N4O4/c1-23(16-11-10-14-6-5-7-15(14)12-16)21(28)27(22(29)25-23)13-19-24-20(26-31-19)17-8-3-4-9-18(17)30-2/h3-4,8-12H,5-7,13H2,1-2H3,(H,25,29)/t23-/m1/s1. The highest BCUT2D eigenvalue weighted by Gasteiger charge is 2.49. The number of urea groups is 1.